The zero-order chi connectivity index (χ0) is 11.4. The molecule has 7 heteroatoms. The summed E-state index contributed by atoms with van der Waals surface area (Å²) in [6, 6.07) is 0. The van der Waals surface area contributed by atoms with Gasteiger partial charge in [0.05, 0.1) is 0 Å². The molecule has 0 unspecified atom stereocenters. The van der Waals surface area contributed by atoms with Crippen LogP contribution in [0.1, 0.15) is 0 Å². The lowest BCUT2D eigenvalue weighted by atomic mass is 10.4. The molecule has 0 heterocycles. The third kappa shape index (κ3) is 4.40. The third-order valence-corrected chi connectivity index (χ3v) is 1.39. The Kier molecular flexibility index (Phi) is 4.82. The Hall–Kier alpha value is -0.850. The predicted molar refractivity (Wildman–Crippen MR) is 43.2 cm³/mol. The average Bonchev–Trinajstić information content (AvgIpc) is 2.03. The molecule has 0 aromatic heterocycles. The van der Waals surface area contributed by atoms with Crippen LogP contribution in [0, 0.1) is 5.41 Å². The molecule has 0 bridgehead atoms. The number of ether oxygens (including phenoxy) is 1. The summed E-state index contributed by atoms with van der Waals surface area (Å²) in [5, 5.41) is 7.13. The molecule has 0 aromatic rings. The molecule has 0 saturated heterocycles. The van der Waals surface area contributed by atoms with Gasteiger partial charge in [-0.1, -0.05) is 0 Å². The van der Waals surface area contributed by atoms with Crippen LogP contribution in [-0.4, -0.2) is 50.4 Å². The highest BCUT2D eigenvalue weighted by molar-refractivity contribution is 5.79. The molecule has 84 valence electrons. The third-order valence-electron chi connectivity index (χ3n) is 1.39. The second-order valence-electron chi connectivity index (χ2n) is 2.90. The van der Waals surface area contributed by atoms with Gasteiger partial charge in [-0.15, -0.1) is 0 Å². The van der Waals surface area contributed by atoms with E-state index < -0.39 is 25.6 Å². The molecule has 0 amide bonds. The number of nitrogens with one attached hydrogen (secondary N) is 1. The zero-order valence-electron chi connectivity index (χ0n) is 7.86. The Morgan fingerprint density at radius 3 is 2.29 bits per heavy atom. The van der Waals surface area contributed by atoms with E-state index in [1.807, 2.05) is 0 Å². The van der Waals surface area contributed by atoms with Crippen LogP contribution in [0.5, 0.6) is 0 Å². The van der Waals surface area contributed by atoms with Crippen LogP contribution < -0.4 is 0 Å². The first kappa shape index (κ1) is 13.2. The largest absolute Gasteiger partial charge is 0.367 e. The quantitative estimate of drug-likeness (QED) is 0.429. The molecule has 0 rings (SSSR count). The number of likely N-dealkylation sites (N-methyl/N-ethyl adjacent to an activating group) is 1. The van der Waals surface area contributed by atoms with Gasteiger partial charge in [-0.05, 0) is 0 Å². The summed E-state index contributed by atoms with van der Waals surface area (Å²) in [6.45, 7) is -1.78. The number of hydrogen-bond donors (Lipinski definition) is 1. The summed E-state index contributed by atoms with van der Waals surface area (Å²) in [6.07, 6.45) is -3.74. The highest BCUT2D eigenvalue weighted by atomic mass is 19.3. The van der Waals surface area contributed by atoms with Gasteiger partial charge < -0.3 is 9.64 Å². The topological polar surface area (TPSA) is 36.3 Å². The van der Waals surface area contributed by atoms with Gasteiger partial charge in [-0.25, -0.2) is 8.78 Å². The lowest BCUT2D eigenvalue weighted by Crippen LogP contribution is -2.34. The normalized spacial score (nSPS) is 11.9. The van der Waals surface area contributed by atoms with Crippen LogP contribution in [-0.2, 0) is 4.74 Å². The first-order valence-corrected chi connectivity index (χ1v) is 3.76. The molecule has 0 saturated carbocycles. The van der Waals surface area contributed by atoms with Crippen LogP contribution in [0.15, 0.2) is 0 Å². The molecular formula is C7H12F4N2O. The SMILES string of the molecule is CN(C)C(=N)COCC(F)(F)C(F)F. The van der Waals surface area contributed by atoms with Crippen molar-refractivity contribution in [3.8, 4) is 0 Å². The second-order valence-corrected chi connectivity index (χ2v) is 2.90. The van der Waals surface area contributed by atoms with E-state index in [4.69, 9.17) is 5.41 Å². The van der Waals surface area contributed by atoms with Gasteiger partial charge in [0.2, 0.25) is 0 Å². The summed E-state index contributed by atoms with van der Waals surface area (Å²) in [7, 11) is 3.05. The van der Waals surface area contributed by atoms with E-state index in [2.05, 4.69) is 4.74 Å². The van der Waals surface area contributed by atoms with Crippen molar-refractivity contribution < 1.29 is 22.3 Å². The van der Waals surface area contributed by atoms with Gasteiger partial charge in [0.15, 0.2) is 0 Å². The fourth-order valence-electron chi connectivity index (χ4n) is 0.476. The number of hydrogen-bond acceptors (Lipinski definition) is 2. The van der Waals surface area contributed by atoms with Crippen LogP contribution >= 0.6 is 0 Å². The van der Waals surface area contributed by atoms with Crippen LogP contribution in [0.4, 0.5) is 17.6 Å². The van der Waals surface area contributed by atoms with Gasteiger partial charge in [-0.2, -0.15) is 8.78 Å². The van der Waals surface area contributed by atoms with Crippen molar-refractivity contribution in [2.24, 2.45) is 0 Å². The highest BCUT2D eigenvalue weighted by Crippen LogP contribution is 2.22. The Balaban J connectivity index is 3.80. The molecule has 0 spiro atoms. The fourth-order valence-corrected chi connectivity index (χ4v) is 0.476. The van der Waals surface area contributed by atoms with E-state index in [1.54, 1.807) is 0 Å². The molecule has 14 heavy (non-hydrogen) atoms. The Morgan fingerprint density at radius 2 is 1.93 bits per heavy atom. The summed E-state index contributed by atoms with van der Waals surface area (Å²) in [4.78, 5) is 1.33. The number of rotatable bonds is 5. The molecule has 1 N–H and O–H groups in total. The number of amidine groups is 1. The molecule has 0 aliphatic rings. The maximum atomic E-state index is 12.2. The monoisotopic (exact) mass is 216 g/mol. The van der Waals surface area contributed by atoms with E-state index in [0.29, 0.717) is 0 Å². The smallest absolute Gasteiger partial charge is 0.330 e. The maximum absolute atomic E-state index is 12.2. The molecule has 0 atom stereocenters. The molecular weight excluding hydrogens is 204 g/mol. The fraction of sp³-hybridized carbons (Fsp3) is 0.857. The zero-order valence-corrected chi connectivity index (χ0v) is 7.86. The van der Waals surface area contributed by atoms with Crippen molar-refractivity contribution in [1.82, 2.24) is 4.90 Å². The Morgan fingerprint density at radius 1 is 1.43 bits per heavy atom. The molecule has 0 aliphatic carbocycles. The van der Waals surface area contributed by atoms with E-state index >= 15 is 0 Å². The van der Waals surface area contributed by atoms with Crippen LogP contribution in [0.3, 0.4) is 0 Å². The van der Waals surface area contributed by atoms with Crippen molar-refractivity contribution >= 4 is 5.84 Å². The van der Waals surface area contributed by atoms with E-state index in [1.165, 1.54) is 19.0 Å². The molecule has 0 aliphatic heterocycles. The lowest BCUT2D eigenvalue weighted by molar-refractivity contribution is -0.162. The molecule has 0 aromatic carbocycles. The summed E-state index contributed by atoms with van der Waals surface area (Å²) < 4.78 is 52.0. The van der Waals surface area contributed by atoms with Gasteiger partial charge in [0.25, 0.3) is 0 Å². The minimum absolute atomic E-state index is 0.0601. The average molecular weight is 216 g/mol. The van der Waals surface area contributed by atoms with E-state index in [-0.39, 0.29) is 5.84 Å². The van der Waals surface area contributed by atoms with Crippen molar-refractivity contribution in [2.45, 2.75) is 12.3 Å². The standard InChI is InChI=1S/C7H12F4N2O/c1-13(2)5(12)3-14-4-7(10,11)6(8)9/h6,12H,3-4H2,1-2H3. The summed E-state index contributed by atoms with van der Waals surface area (Å²) in [5.74, 6) is -4.21. The van der Waals surface area contributed by atoms with Gasteiger partial charge in [-0.3, -0.25) is 5.41 Å². The van der Waals surface area contributed by atoms with Crippen molar-refractivity contribution in [3.05, 3.63) is 0 Å². The minimum Gasteiger partial charge on any atom is -0.367 e. The predicted octanol–water partition coefficient (Wildman–Crippen LogP) is 1.44. The first-order chi connectivity index (χ1) is 6.27. The molecule has 0 radical (unpaired) electrons. The van der Waals surface area contributed by atoms with E-state index in [9.17, 15) is 17.6 Å². The summed E-state index contributed by atoms with van der Waals surface area (Å²) >= 11 is 0. The molecule has 3 nitrogen and oxygen atoms in total. The first-order valence-electron chi connectivity index (χ1n) is 3.76. The minimum atomic E-state index is -4.15. The Labute approximate surface area is 79.1 Å². The number of nitrogens with zero attached hydrogens (tertiary/aromatic N) is 1. The van der Waals surface area contributed by atoms with Crippen molar-refractivity contribution in [3.63, 3.8) is 0 Å². The van der Waals surface area contributed by atoms with Crippen molar-refractivity contribution in [1.29, 1.82) is 5.41 Å². The second kappa shape index (κ2) is 5.14. The number of halogens is 4. The summed E-state index contributed by atoms with van der Waals surface area (Å²) in [5.41, 5.74) is 0. The Bertz CT molecular complexity index is 196. The van der Waals surface area contributed by atoms with Gasteiger partial charge >= 0.3 is 12.3 Å². The van der Waals surface area contributed by atoms with Gasteiger partial charge in [0.1, 0.15) is 19.0 Å². The number of alkyl halides is 4. The van der Waals surface area contributed by atoms with Crippen LogP contribution in [0.25, 0.3) is 0 Å². The lowest BCUT2D eigenvalue weighted by Gasteiger charge is -2.17. The van der Waals surface area contributed by atoms with Crippen molar-refractivity contribution in [2.75, 3.05) is 27.3 Å². The highest BCUT2D eigenvalue weighted by Gasteiger charge is 2.40. The van der Waals surface area contributed by atoms with E-state index in [0.717, 1.165) is 0 Å². The maximum Gasteiger partial charge on any atom is 0.330 e. The molecule has 0 fully saturated rings. The van der Waals surface area contributed by atoms with Crippen LogP contribution in [0.2, 0.25) is 0 Å². The van der Waals surface area contributed by atoms with Gasteiger partial charge in [0, 0.05) is 14.1 Å².